The molecule has 0 aliphatic heterocycles. The zero-order chi connectivity index (χ0) is 16.4. The largest absolute Gasteiger partial charge is 0.591 e. The Morgan fingerprint density at radius 3 is 2.83 bits per heavy atom. The highest BCUT2D eigenvalue weighted by Crippen LogP contribution is 2.31. The third-order valence-electron chi connectivity index (χ3n) is 3.35. The molecule has 0 fully saturated rings. The monoisotopic (exact) mass is 346 g/mol. The number of aromatic nitrogens is 1. The van der Waals surface area contributed by atoms with Crippen molar-refractivity contribution in [3.63, 3.8) is 0 Å². The fourth-order valence-electron chi connectivity index (χ4n) is 2.16. The lowest BCUT2D eigenvalue weighted by atomic mass is 10.0. The lowest BCUT2D eigenvalue weighted by molar-refractivity contribution is 0.459. The van der Waals surface area contributed by atoms with Crippen LogP contribution in [0.15, 0.2) is 51.4 Å². The van der Waals surface area contributed by atoms with Crippen LogP contribution in [0.4, 0.5) is 0 Å². The van der Waals surface area contributed by atoms with E-state index in [1.54, 1.807) is 18.3 Å². The first kappa shape index (κ1) is 16.1. The number of fused-ring (bicyclic) bond motifs is 1. The molecule has 0 spiro atoms. The van der Waals surface area contributed by atoms with Crippen molar-refractivity contribution >= 4 is 40.1 Å². The predicted molar refractivity (Wildman–Crippen MR) is 95.3 cm³/mol. The molecule has 0 saturated heterocycles. The van der Waals surface area contributed by atoms with Crippen LogP contribution in [0.2, 0.25) is 5.02 Å². The molecule has 0 unspecified atom stereocenters. The first-order valence-electron chi connectivity index (χ1n) is 7.15. The van der Waals surface area contributed by atoms with E-state index >= 15 is 0 Å². The quantitative estimate of drug-likeness (QED) is 0.510. The molecule has 3 rings (SSSR count). The minimum atomic E-state index is -1.25. The van der Waals surface area contributed by atoms with E-state index in [1.165, 1.54) is 0 Å². The number of hydrogen-bond acceptors (Lipinski definition) is 4. The lowest BCUT2D eigenvalue weighted by Gasteiger charge is -2.07. The van der Waals surface area contributed by atoms with Crippen molar-refractivity contribution in [1.29, 1.82) is 0 Å². The molecule has 2 aromatic carbocycles. The van der Waals surface area contributed by atoms with Gasteiger partial charge in [0.15, 0.2) is 5.58 Å². The maximum absolute atomic E-state index is 11.8. The minimum Gasteiger partial charge on any atom is -0.591 e. The van der Waals surface area contributed by atoms with Crippen LogP contribution in [0, 0.1) is 0 Å². The number of benzene rings is 2. The number of halogens is 1. The Balaban J connectivity index is 2.06. The van der Waals surface area contributed by atoms with Gasteiger partial charge in [-0.1, -0.05) is 45.4 Å². The number of nitrogens with zero attached hydrogens (tertiary/aromatic N) is 2. The van der Waals surface area contributed by atoms with Crippen molar-refractivity contribution in [2.24, 2.45) is 4.40 Å². The molecule has 0 saturated carbocycles. The van der Waals surface area contributed by atoms with Gasteiger partial charge in [-0.05, 0) is 26.0 Å². The molecule has 0 radical (unpaired) electrons. The molecule has 4 nitrogen and oxygen atoms in total. The van der Waals surface area contributed by atoms with Crippen molar-refractivity contribution in [3.05, 3.63) is 53.1 Å². The third kappa shape index (κ3) is 3.42. The van der Waals surface area contributed by atoms with E-state index < -0.39 is 11.4 Å². The van der Waals surface area contributed by atoms with E-state index in [9.17, 15) is 4.55 Å². The molecule has 1 heterocycles. The Hall–Kier alpha value is -1.82. The second-order valence-electron chi connectivity index (χ2n) is 5.32. The first-order valence-corrected chi connectivity index (χ1v) is 8.70. The topological polar surface area (TPSA) is 61.5 Å². The fraction of sp³-hybridized carbons (Fsp3) is 0.176. The van der Waals surface area contributed by atoms with Gasteiger partial charge in [0.2, 0.25) is 0 Å². The van der Waals surface area contributed by atoms with Gasteiger partial charge >= 0.3 is 0 Å². The molecule has 23 heavy (non-hydrogen) atoms. The van der Waals surface area contributed by atoms with Crippen molar-refractivity contribution in [2.75, 3.05) is 0 Å². The van der Waals surface area contributed by atoms with Crippen LogP contribution >= 0.6 is 11.6 Å². The van der Waals surface area contributed by atoms with Crippen molar-refractivity contribution in [2.45, 2.75) is 19.1 Å². The lowest BCUT2D eigenvalue weighted by Crippen LogP contribution is -2.10. The molecule has 3 aromatic rings. The smallest absolute Gasteiger partial charge is 0.169 e. The van der Waals surface area contributed by atoms with E-state index in [1.807, 2.05) is 44.2 Å². The zero-order valence-corrected chi connectivity index (χ0v) is 14.3. The van der Waals surface area contributed by atoms with Gasteiger partial charge in [0.1, 0.15) is 10.9 Å². The molecule has 0 aliphatic carbocycles. The Morgan fingerprint density at radius 1 is 1.26 bits per heavy atom. The van der Waals surface area contributed by atoms with Crippen LogP contribution in [0.1, 0.15) is 19.4 Å². The van der Waals surface area contributed by atoms with Crippen LogP contribution in [-0.2, 0) is 11.4 Å². The standard InChI is InChI=1S/C17H15ClN2O2S/c1-11(2)23(21)19-10-12-5-3-4-6-14(12)17-15-8-7-13(18)9-16(15)22-20-17/h3-11H,1-2H3/t23-/m0/s1. The summed E-state index contributed by atoms with van der Waals surface area (Å²) in [6.07, 6.45) is 1.63. The van der Waals surface area contributed by atoms with Gasteiger partial charge in [0, 0.05) is 27.6 Å². The summed E-state index contributed by atoms with van der Waals surface area (Å²) in [5.74, 6) is 0. The van der Waals surface area contributed by atoms with Gasteiger partial charge in [-0.3, -0.25) is 0 Å². The molecule has 0 N–H and O–H groups in total. The van der Waals surface area contributed by atoms with E-state index in [-0.39, 0.29) is 5.25 Å². The normalized spacial score (nSPS) is 13.3. The summed E-state index contributed by atoms with van der Waals surface area (Å²) in [5, 5.41) is 5.61. The summed E-state index contributed by atoms with van der Waals surface area (Å²) in [5.41, 5.74) is 3.06. The number of rotatable bonds is 4. The van der Waals surface area contributed by atoms with E-state index in [0.29, 0.717) is 16.3 Å². The molecule has 1 atom stereocenters. The van der Waals surface area contributed by atoms with Gasteiger partial charge in [-0.15, -0.1) is 0 Å². The highest BCUT2D eigenvalue weighted by Gasteiger charge is 2.14. The second kappa shape index (κ2) is 6.74. The molecule has 0 amide bonds. The SMILES string of the molecule is CC(C)[S@+]([O-])N=Cc1ccccc1-c1noc2cc(Cl)ccc12. The van der Waals surface area contributed by atoms with Crippen LogP contribution < -0.4 is 0 Å². The molecule has 118 valence electrons. The molecule has 6 heteroatoms. The van der Waals surface area contributed by atoms with Gasteiger partial charge in [-0.25, -0.2) is 0 Å². The van der Waals surface area contributed by atoms with Gasteiger partial charge in [0.05, 0.1) is 17.6 Å². The van der Waals surface area contributed by atoms with Gasteiger partial charge < -0.3 is 9.08 Å². The van der Waals surface area contributed by atoms with Crippen LogP contribution in [-0.4, -0.2) is 21.2 Å². The Morgan fingerprint density at radius 2 is 2.04 bits per heavy atom. The average molecular weight is 347 g/mol. The molecular weight excluding hydrogens is 332 g/mol. The summed E-state index contributed by atoms with van der Waals surface area (Å²) in [6, 6.07) is 13.1. The van der Waals surface area contributed by atoms with Crippen molar-refractivity contribution in [3.8, 4) is 11.3 Å². The highest BCUT2D eigenvalue weighted by atomic mass is 35.5. The fourth-order valence-corrected chi connectivity index (χ4v) is 2.78. The van der Waals surface area contributed by atoms with Crippen LogP contribution in [0.5, 0.6) is 0 Å². The number of hydrogen-bond donors (Lipinski definition) is 0. The van der Waals surface area contributed by atoms with Crippen LogP contribution in [0.3, 0.4) is 0 Å². The van der Waals surface area contributed by atoms with Crippen molar-refractivity contribution < 1.29 is 9.08 Å². The van der Waals surface area contributed by atoms with Gasteiger partial charge in [0.25, 0.3) is 0 Å². The highest BCUT2D eigenvalue weighted by molar-refractivity contribution is 7.90. The summed E-state index contributed by atoms with van der Waals surface area (Å²) in [4.78, 5) is 0. The maximum Gasteiger partial charge on any atom is 0.169 e. The predicted octanol–water partition coefficient (Wildman–Crippen LogP) is 4.64. The Kier molecular flexibility index (Phi) is 4.71. The summed E-state index contributed by atoms with van der Waals surface area (Å²) in [7, 11) is 0. The minimum absolute atomic E-state index is 0.0200. The molecular formula is C17H15ClN2O2S. The summed E-state index contributed by atoms with van der Waals surface area (Å²) < 4.78 is 21.3. The average Bonchev–Trinajstić information content (AvgIpc) is 2.95. The Bertz CT molecular complexity index is 861. The van der Waals surface area contributed by atoms with Crippen LogP contribution in [0.25, 0.3) is 22.2 Å². The second-order valence-corrected chi connectivity index (χ2v) is 7.46. The molecule has 0 bridgehead atoms. The third-order valence-corrected chi connectivity index (χ3v) is 4.70. The van der Waals surface area contributed by atoms with E-state index in [4.69, 9.17) is 16.1 Å². The zero-order valence-electron chi connectivity index (χ0n) is 12.7. The summed E-state index contributed by atoms with van der Waals surface area (Å²) >= 11 is 4.73. The first-order chi connectivity index (χ1) is 11.1. The molecule has 0 aliphatic rings. The van der Waals surface area contributed by atoms with E-state index in [0.717, 1.165) is 16.5 Å². The summed E-state index contributed by atoms with van der Waals surface area (Å²) in [6.45, 7) is 3.74. The van der Waals surface area contributed by atoms with Gasteiger partial charge in [-0.2, -0.15) is 0 Å². The molecule has 1 aromatic heterocycles. The maximum atomic E-state index is 11.8. The van der Waals surface area contributed by atoms with E-state index in [2.05, 4.69) is 9.55 Å². The Labute approximate surface area is 142 Å². The van der Waals surface area contributed by atoms with Crippen molar-refractivity contribution in [1.82, 2.24) is 5.16 Å².